The van der Waals surface area contributed by atoms with Crippen molar-refractivity contribution in [2.24, 2.45) is 10.9 Å². The van der Waals surface area contributed by atoms with Crippen molar-refractivity contribution < 1.29 is 8.60 Å². The highest BCUT2D eigenvalue weighted by Crippen LogP contribution is 2.23. The van der Waals surface area contributed by atoms with Crippen molar-refractivity contribution in [2.75, 3.05) is 32.4 Å². The van der Waals surface area contributed by atoms with Gasteiger partial charge in [0.1, 0.15) is 5.82 Å². The van der Waals surface area contributed by atoms with Crippen molar-refractivity contribution in [3.05, 3.63) is 35.6 Å². The summed E-state index contributed by atoms with van der Waals surface area (Å²) >= 11 is 0. The van der Waals surface area contributed by atoms with Gasteiger partial charge < -0.3 is 10.6 Å². The van der Waals surface area contributed by atoms with Gasteiger partial charge in [0.15, 0.2) is 5.96 Å². The number of likely N-dealkylation sites (tertiary alicyclic amines) is 1. The molecule has 2 aliphatic rings. The second-order valence-electron chi connectivity index (χ2n) is 8.56. The first-order chi connectivity index (χ1) is 14.6. The van der Waals surface area contributed by atoms with Gasteiger partial charge in [0, 0.05) is 53.5 Å². The number of nitrogens with one attached hydrogen (secondary N) is 2. The Morgan fingerprint density at radius 3 is 2.65 bits per heavy atom. The van der Waals surface area contributed by atoms with Gasteiger partial charge in [0.2, 0.25) is 0 Å². The lowest BCUT2D eigenvalue weighted by Crippen LogP contribution is -2.48. The van der Waals surface area contributed by atoms with E-state index >= 15 is 0 Å². The van der Waals surface area contributed by atoms with E-state index in [-0.39, 0.29) is 29.8 Å². The van der Waals surface area contributed by atoms with E-state index < -0.39 is 10.8 Å². The van der Waals surface area contributed by atoms with Crippen LogP contribution in [0.3, 0.4) is 0 Å². The van der Waals surface area contributed by atoms with Gasteiger partial charge in [-0.1, -0.05) is 31.5 Å². The Labute approximate surface area is 206 Å². The molecule has 0 amide bonds. The van der Waals surface area contributed by atoms with Crippen LogP contribution in [-0.4, -0.2) is 58.8 Å². The van der Waals surface area contributed by atoms with Gasteiger partial charge in [-0.05, 0) is 57.2 Å². The number of benzene rings is 1. The monoisotopic (exact) mass is 564 g/mol. The van der Waals surface area contributed by atoms with E-state index in [1.54, 1.807) is 12.1 Å². The van der Waals surface area contributed by atoms with Crippen LogP contribution >= 0.6 is 24.0 Å². The molecule has 1 aliphatic heterocycles. The summed E-state index contributed by atoms with van der Waals surface area (Å²) < 4.78 is 26.1. The van der Waals surface area contributed by atoms with Crippen LogP contribution in [0.2, 0.25) is 0 Å². The third-order valence-corrected chi connectivity index (χ3v) is 8.20. The maximum absolute atomic E-state index is 13.9. The fourth-order valence-electron chi connectivity index (χ4n) is 4.60. The maximum Gasteiger partial charge on any atom is 0.191 e. The summed E-state index contributed by atoms with van der Waals surface area (Å²) in [6.07, 6.45) is 6.52. The Morgan fingerprint density at radius 1 is 1.23 bits per heavy atom. The first-order valence-corrected chi connectivity index (χ1v) is 12.8. The number of guanidine groups is 1. The Hall–Kier alpha value is -0.740. The molecule has 1 aliphatic carbocycles. The molecule has 176 valence electrons. The normalized spacial score (nSPS) is 24.3. The smallest absolute Gasteiger partial charge is 0.191 e. The highest BCUT2D eigenvalue weighted by atomic mass is 127. The minimum atomic E-state index is -0.707. The average Bonchev–Trinajstić information content (AvgIpc) is 2.78. The topological polar surface area (TPSA) is 56.7 Å². The molecule has 31 heavy (non-hydrogen) atoms. The molecule has 3 atom stereocenters. The Morgan fingerprint density at radius 2 is 1.97 bits per heavy atom. The van der Waals surface area contributed by atoms with Crippen LogP contribution in [0.4, 0.5) is 4.39 Å². The number of halogens is 2. The number of piperidine rings is 1. The quantitative estimate of drug-likeness (QED) is 0.300. The van der Waals surface area contributed by atoms with Gasteiger partial charge in [-0.2, -0.15) is 0 Å². The Bertz CT molecular complexity index is 727. The predicted octanol–water partition coefficient (Wildman–Crippen LogP) is 3.90. The van der Waals surface area contributed by atoms with E-state index in [9.17, 15) is 8.60 Å². The Balaban J connectivity index is 0.00000341. The molecule has 2 N–H and O–H groups in total. The summed E-state index contributed by atoms with van der Waals surface area (Å²) in [4.78, 5) is 6.75. The fourth-order valence-corrected chi connectivity index (χ4v) is 5.94. The molecule has 0 spiro atoms. The summed E-state index contributed by atoms with van der Waals surface area (Å²) in [6.45, 7) is 5.61. The zero-order valence-corrected chi connectivity index (χ0v) is 22.0. The van der Waals surface area contributed by atoms with Crippen LogP contribution in [-0.2, 0) is 17.3 Å². The summed E-state index contributed by atoms with van der Waals surface area (Å²) in [6, 6.07) is 7.42. The SMILES string of the molecule is CCS(=O)C1CCCC(NC(=NC)NCC2CCN(Cc3ccccc3F)CC2)C1.I. The third-order valence-electron chi connectivity index (χ3n) is 6.46. The van der Waals surface area contributed by atoms with E-state index in [1.165, 1.54) is 0 Å². The predicted molar refractivity (Wildman–Crippen MR) is 139 cm³/mol. The van der Waals surface area contributed by atoms with Gasteiger partial charge in [-0.15, -0.1) is 24.0 Å². The number of aliphatic imine (C=N–C) groups is 1. The largest absolute Gasteiger partial charge is 0.356 e. The van der Waals surface area contributed by atoms with Gasteiger partial charge in [0.25, 0.3) is 0 Å². The number of hydrogen-bond acceptors (Lipinski definition) is 3. The third kappa shape index (κ3) is 8.28. The molecule has 1 saturated heterocycles. The molecular weight excluding hydrogens is 526 g/mol. The van der Waals surface area contributed by atoms with Gasteiger partial charge in [0.05, 0.1) is 0 Å². The summed E-state index contributed by atoms with van der Waals surface area (Å²) in [5, 5.41) is 7.37. The first-order valence-electron chi connectivity index (χ1n) is 11.4. The molecule has 1 aromatic carbocycles. The van der Waals surface area contributed by atoms with Gasteiger partial charge in [-0.3, -0.25) is 14.1 Å². The highest BCUT2D eigenvalue weighted by Gasteiger charge is 2.26. The molecule has 3 rings (SSSR count). The highest BCUT2D eigenvalue weighted by molar-refractivity contribution is 14.0. The summed E-state index contributed by atoms with van der Waals surface area (Å²) in [7, 11) is 1.11. The molecule has 0 aromatic heterocycles. The number of nitrogens with zero attached hydrogens (tertiary/aromatic N) is 2. The van der Waals surface area contributed by atoms with Crippen LogP contribution in [0.1, 0.15) is 51.0 Å². The minimum absolute atomic E-state index is 0. The molecule has 0 bridgehead atoms. The van der Waals surface area contributed by atoms with Crippen molar-refractivity contribution in [3.63, 3.8) is 0 Å². The second kappa shape index (κ2) is 13.7. The average molecular weight is 565 g/mol. The Kier molecular flexibility index (Phi) is 11.7. The lowest BCUT2D eigenvalue weighted by atomic mass is 9.95. The zero-order valence-electron chi connectivity index (χ0n) is 18.8. The summed E-state index contributed by atoms with van der Waals surface area (Å²) in [5.74, 6) is 2.10. The molecule has 8 heteroatoms. The van der Waals surface area contributed by atoms with Gasteiger partial charge >= 0.3 is 0 Å². The molecular formula is C23H38FIN4OS. The van der Waals surface area contributed by atoms with E-state index in [2.05, 4.69) is 20.5 Å². The van der Waals surface area contributed by atoms with E-state index in [0.717, 1.165) is 75.4 Å². The lowest BCUT2D eigenvalue weighted by Gasteiger charge is -2.33. The van der Waals surface area contributed by atoms with Crippen LogP contribution in [0.15, 0.2) is 29.3 Å². The van der Waals surface area contributed by atoms with Crippen molar-refractivity contribution in [1.82, 2.24) is 15.5 Å². The van der Waals surface area contributed by atoms with E-state index in [0.29, 0.717) is 23.8 Å². The summed E-state index contributed by atoms with van der Waals surface area (Å²) in [5.41, 5.74) is 0.786. The zero-order chi connectivity index (χ0) is 21.3. The van der Waals surface area contributed by atoms with E-state index in [4.69, 9.17) is 0 Å². The minimum Gasteiger partial charge on any atom is -0.356 e. The molecule has 1 aromatic rings. The van der Waals surface area contributed by atoms with Crippen molar-refractivity contribution in [2.45, 2.75) is 63.3 Å². The molecule has 2 fully saturated rings. The van der Waals surface area contributed by atoms with Crippen molar-refractivity contribution in [1.29, 1.82) is 0 Å². The fraction of sp³-hybridized carbons (Fsp3) is 0.696. The van der Waals surface area contributed by atoms with Gasteiger partial charge in [-0.25, -0.2) is 4.39 Å². The van der Waals surface area contributed by atoms with Crippen LogP contribution in [0.5, 0.6) is 0 Å². The molecule has 1 saturated carbocycles. The second-order valence-corrected chi connectivity index (χ2v) is 10.6. The van der Waals surface area contributed by atoms with Crippen LogP contribution < -0.4 is 10.6 Å². The first kappa shape index (κ1) is 26.5. The standard InChI is InChI=1S/C23H37FN4OS.HI/c1-3-30(29)21-9-6-8-20(15-21)27-23(25-2)26-16-18-11-13-28(14-12-18)17-19-7-4-5-10-22(19)24;/h4-5,7,10,18,20-21H,3,6,8-9,11-17H2,1-2H3,(H2,25,26,27);1H. The maximum atomic E-state index is 13.9. The van der Waals surface area contributed by atoms with Crippen LogP contribution in [0, 0.1) is 11.7 Å². The molecule has 0 radical (unpaired) electrons. The number of rotatable bonds is 7. The van der Waals surface area contributed by atoms with E-state index in [1.807, 2.05) is 26.1 Å². The lowest BCUT2D eigenvalue weighted by molar-refractivity contribution is 0.176. The molecule has 5 nitrogen and oxygen atoms in total. The molecule has 1 heterocycles. The molecule has 3 unspecified atom stereocenters. The number of hydrogen-bond donors (Lipinski definition) is 2. The van der Waals surface area contributed by atoms with Crippen molar-refractivity contribution >= 4 is 40.7 Å². The van der Waals surface area contributed by atoms with Crippen molar-refractivity contribution in [3.8, 4) is 0 Å². The van der Waals surface area contributed by atoms with Crippen LogP contribution in [0.25, 0.3) is 0 Å².